The largest absolute Gasteiger partial charge is 0.356 e. The standard InChI is InChI=1S/C15H10F2O2/c16-11-5-1-9(2-6-11)13(18)15-14(19-15)10-3-7-12(17)8-4-10/h1-8,14-15H. The first-order chi connectivity index (χ1) is 9.15. The fraction of sp³-hybridized carbons (Fsp3) is 0.133. The van der Waals surface area contributed by atoms with Crippen LogP contribution in [0.3, 0.4) is 0 Å². The fourth-order valence-corrected chi connectivity index (χ4v) is 2.00. The summed E-state index contributed by atoms with van der Waals surface area (Å²) in [6.07, 6.45) is -0.894. The lowest BCUT2D eigenvalue weighted by molar-refractivity contribution is 0.0953. The Balaban J connectivity index is 1.74. The summed E-state index contributed by atoms with van der Waals surface area (Å²) >= 11 is 0. The average molecular weight is 260 g/mol. The number of epoxide rings is 1. The third-order valence-electron chi connectivity index (χ3n) is 3.08. The molecule has 2 unspecified atom stereocenters. The van der Waals surface area contributed by atoms with Crippen molar-refractivity contribution in [2.75, 3.05) is 0 Å². The van der Waals surface area contributed by atoms with Gasteiger partial charge in [-0.25, -0.2) is 8.78 Å². The van der Waals surface area contributed by atoms with Gasteiger partial charge < -0.3 is 4.74 Å². The van der Waals surface area contributed by atoms with Crippen molar-refractivity contribution in [3.8, 4) is 0 Å². The molecule has 2 aromatic rings. The number of ketones is 1. The molecule has 0 spiro atoms. The highest BCUT2D eigenvalue weighted by Crippen LogP contribution is 2.40. The Morgan fingerprint density at radius 3 is 2.00 bits per heavy atom. The Hall–Kier alpha value is -2.07. The van der Waals surface area contributed by atoms with E-state index in [4.69, 9.17) is 4.74 Å². The Bertz CT molecular complexity index is 605. The van der Waals surface area contributed by atoms with Gasteiger partial charge in [-0.15, -0.1) is 0 Å². The topological polar surface area (TPSA) is 29.6 Å². The van der Waals surface area contributed by atoms with Crippen molar-refractivity contribution >= 4 is 5.78 Å². The van der Waals surface area contributed by atoms with Crippen LogP contribution in [0.4, 0.5) is 8.78 Å². The second kappa shape index (κ2) is 4.55. The number of hydrogen-bond acceptors (Lipinski definition) is 2. The Kier molecular flexibility index (Phi) is 2.87. The predicted molar refractivity (Wildman–Crippen MR) is 64.7 cm³/mol. The van der Waals surface area contributed by atoms with Crippen molar-refractivity contribution in [1.82, 2.24) is 0 Å². The molecular weight excluding hydrogens is 250 g/mol. The van der Waals surface area contributed by atoms with E-state index in [-0.39, 0.29) is 23.5 Å². The van der Waals surface area contributed by atoms with Crippen LogP contribution in [0.2, 0.25) is 0 Å². The van der Waals surface area contributed by atoms with Crippen LogP contribution in [0.15, 0.2) is 48.5 Å². The number of halogens is 2. The van der Waals surface area contributed by atoms with E-state index < -0.39 is 6.10 Å². The summed E-state index contributed by atoms with van der Waals surface area (Å²) in [5, 5.41) is 0. The van der Waals surface area contributed by atoms with Gasteiger partial charge in [0.2, 0.25) is 0 Å². The van der Waals surface area contributed by atoms with Crippen LogP contribution < -0.4 is 0 Å². The van der Waals surface area contributed by atoms with Gasteiger partial charge in [0.1, 0.15) is 17.7 Å². The first kappa shape index (κ1) is 12.0. The SMILES string of the molecule is O=C(c1ccc(F)cc1)C1OC1c1ccc(F)cc1. The molecule has 0 amide bonds. The molecule has 96 valence electrons. The smallest absolute Gasteiger partial charge is 0.194 e. The van der Waals surface area contributed by atoms with Gasteiger partial charge in [-0.1, -0.05) is 12.1 Å². The summed E-state index contributed by atoms with van der Waals surface area (Å²) in [5.74, 6) is -0.900. The molecule has 0 aliphatic carbocycles. The highest BCUT2D eigenvalue weighted by molar-refractivity contribution is 6.01. The highest BCUT2D eigenvalue weighted by atomic mass is 19.1. The molecular formula is C15H10F2O2. The third kappa shape index (κ3) is 2.39. The molecule has 0 saturated carbocycles. The van der Waals surface area contributed by atoms with Gasteiger partial charge >= 0.3 is 0 Å². The van der Waals surface area contributed by atoms with Gasteiger partial charge in [-0.05, 0) is 42.0 Å². The molecule has 19 heavy (non-hydrogen) atoms. The van der Waals surface area contributed by atoms with Crippen molar-refractivity contribution in [3.05, 3.63) is 71.3 Å². The minimum atomic E-state index is -0.559. The minimum absolute atomic E-state index is 0.186. The van der Waals surface area contributed by atoms with Crippen molar-refractivity contribution in [2.45, 2.75) is 12.2 Å². The van der Waals surface area contributed by atoms with Crippen molar-refractivity contribution in [3.63, 3.8) is 0 Å². The zero-order chi connectivity index (χ0) is 13.4. The van der Waals surface area contributed by atoms with E-state index in [0.717, 1.165) is 5.56 Å². The molecule has 2 aromatic carbocycles. The summed E-state index contributed by atoms with van der Waals surface area (Å²) < 4.78 is 30.9. The Labute approximate surface area is 108 Å². The molecule has 2 nitrogen and oxygen atoms in total. The molecule has 1 heterocycles. The number of benzene rings is 2. The number of carbonyl (C=O) groups excluding carboxylic acids is 1. The quantitative estimate of drug-likeness (QED) is 0.626. The van der Waals surface area contributed by atoms with Crippen LogP contribution in [0.25, 0.3) is 0 Å². The van der Waals surface area contributed by atoms with E-state index in [1.165, 1.54) is 36.4 Å². The van der Waals surface area contributed by atoms with Gasteiger partial charge in [-0.3, -0.25) is 4.79 Å². The Morgan fingerprint density at radius 1 is 0.895 bits per heavy atom. The normalized spacial score (nSPS) is 21.2. The molecule has 1 aliphatic rings. The molecule has 0 bridgehead atoms. The van der Waals surface area contributed by atoms with E-state index in [0.29, 0.717) is 5.56 Å². The van der Waals surface area contributed by atoms with Gasteiger partial charge in [0.05, 0.1) is 0 Å². The van der Waals surface area contributed by atoms with Crippen LogP contribution in [0.1, 0.15) is 22.0 Å². The molecule has 1 saturated heterocycles. The lowest BCUT2D eigenvalue weighted by atomic mass is 10.0. The van der Waals surface area contributed by atoms with E-state index in [1.807, 2.05) is 0 Å². The Morgan fingerprint density at radius 2 is 1.42 bits per heavy atom. The molecule has 1 fully saturated rings. The molecule has 0 N–H and O–H groups in total. The second-order valence-corrected chi connectivity index (χ2v) is 4.40. The van der Waals surface area contributed by atoms with E-state index >= 15 is 0 Å². The van der Waals surface area contributed by atoms with E-state index in [1.54, 1.807) is 12.1 Å². The highest BCUT2D eigenvalue weighted by Gasteiger charge is 2.46. The van der Waals surface area contributed by atoms with Crippen molar-refractivity contribution < 1.29 is 18.3 Å². The molecule has 4 heteroatoms. The fourth-order valence-electron chi connectivity index (χ4n) is 2.00. The van der Waals surface area contributed by atoms with Gasteiger partial charge in [-0.2, -0.15) is 0 Å². The minimum Gasteiger partial charge on any atom is -0.356 e. The monoisotopic (exact) mass is 260 g/mol. The van der Waals surface area contributed by atoms with Gasteiger partial charge in [0.25, 0.3) is 0 Å². The van der Waals surface area contributed by atoms with E-state index in [2.05, 4.69) is 0 Å². The summed E-state index contributed by atoms with van der Waals surface area (Å²) in [7, 11) is 0. The molecule has 1 aliphatic heterocycles. The number of ether oxygens (including phenoxy) is 1. The number of rotatable bonds is 3. The van der Waals surface area contributed by atoms with Crippen LogP contribution >= 0.6 is 0 Å². The summed E-state index contributed by atoms with van der Waals surface area (Å²) in [5.41, 5.74) is 1.18. The maximum atomic E-state index is 12.8. The summed E-state index contributed by atoms with van der Waals surface area (Å²) in [4.78, 5) is 12.0. The number of carbonyl (C=O) groups is 1. The third-order valence-corrected chi connectivity index (χ3v) is 3.08. The number of Topliss-reactive ketones (excluding diaryl/α,β-unsaturated/α-hetero) is 1. The molecule has 3 rings (SSSR count). The van der Waals surface area contributed by atoms with Gasteiger partial charge in [0.15, 0.2) is 11.9 Å². The predicted octanol–water partition coefficient (Wildman–Crippen LogP) is 3.29. The van der Waals surface area contributed by atoms with Crippen molar-refractivity contribution in [1.29, 1.82) is 0 Å². The maximum absolute atomic E-state index is 12.8. The lowest BCUT2D eigenvalue weighted by Gasteiger charge is -1.98. The maximum Gasteiger partial charge on any atom is 0.194 e. The average Bonchev–Trinajstić information content (AvgIpc) is 3.20. The molecule has 0 radical (unpaired) electrons. The van der Waals surface area contributed by atoms with Crippen LogP contribution in [0.5, 0.6) is 0 Å². The van der Waals surface area contributed by atoms with E-state index in [9.17, 15) is 13.6 Å². The summed E-state index contributed by atoms with van der Waals surface area (Å²) in [6.45, 7) is 0. The summed E-state index contributed by atoms with van der Waals surface area (Å²) in [6, 6.07) is 11.2. The zero-order valence-corrected chi connectivity index (χ0v) is 9.85. The van der Waals surface area contributed by atoms with Crippen molar-refractivity contribution in [2.24, 2.45) is 0 Å². The first-order valence-corrected chi connectivity index (χ1v) is 5.86. The van der Waals surface area contributed by atoms with Crippen LogP contribution in [-0.2, 0) is 4.74 Å². The lowest BCUT2D eigenvalue weighted by Crippen LogP contribution is -2.08. The van der Waals surface area contributed by atoms with Crippen LogP contribution in [0, 0.1) is 11.6 Å². The second-order valence-electron chi connectivity index (χ2n) is 4.40. The molecule has 0 aromatic heterocycles. The number of hydrogen-bond donors (Lipinski definition) is 0. The first-order valence-electron chi connectivity index (χ1n) is 5.86. The van der Waals surface area contributed by atoms with Gasteiger partial charge in [0, 0.05) is 5.56 Å². The molecule has 2 atom stereocenters. The van der Waals surface area contributed by atoms with Crippen LogP contribution in [-0.4, -0.2) is 11.9 Å². The zero-order valence-electron chi connectivity index (χ0n) is 9.85.